The molecule has 0 saturated carbocycles. The predicted octanol–water partition coefficient (Wildman–Crippen LogP) is 2.68. The maximum absolute atomic E-state index is 12.8. The fraction of sp³-hybridized carbons (Fsp3) is 0.105. The Hall–Kier alpha value is -3.41. The van der Waals surface area contributed by atoms with Crippen LogP contribution in [0.2, 0.25) is 0 Å². The molecule has 25 heavy (non-hydrogen) atoms. The van der Waals surface area contributed by atoms with Crippen molar-refractivity contribution in [1.29, 1.82) is 0 Å². The van der Waals surface area contributed by atoms with Crippen LogP contribution >= 0.6 is 0 Å². The van der Waals surface area contributed by atoms with E-state index in [2.05, 4.69) is 5.32 Å². The number of rotatable bonds is 2. The molecule has 0 radical (unpaired) electrons. The van der Waals surface area contributed by atoms with E-state index in [1.807, 2.05) is 19.9 Å². The summed E-state index contributed by atoms with van der Waals surface area (Å²) in [4.78, 5) is 38.0. The number of amides is 4. The van der Waals surface area contributed by atoms with Crippen LogP contribution in [0.4, 0.5) is 10.5 Å². The second kappa shape index (κ2) is 6.24. The third kappa shape index (κ3) is 3.28. The van der Waals surface area contributed by atoms with E-state index in [9.17, 15) is 19.5 Å². The van der Waals surface area contributed by atoms with Gasteiger partial charge in [-0.3, -0.25) is 14.9 Å². The number of carbonyl (C=O) groups excluding carboxylic acids is 3. The number of aromatic hydroxyl groups is 1. The van der Waals surface area contributed by atoms with E-state index in [1.165, 1.54) is 18.2 Å². The van der Waals surface area contributed by atoms with Crippen molar-refractivity contribution in [2.24, 2.45) is 0 Å². The van der Waals surface area contributed by atoms with Gasteiger partial charge in [-0.25, -0.2) is 9.69 Å². The maximum atomic E-state index is 12.8. The van der Waals surface area contributed by atoms with Crippen LogP contribution < -0.4 is 10.2 Å². The van der Waals surface area contributed by atoms with E-state index in [1.54, 1.807) is 24.3 Å². The summed E-state index contributed by atoms with van der Waals surface area (Å²) in [6.45, 7) is 3.72. The number of urea groups is 1. The minimum atomic E-state index is -0.775. The molecule has 1 fully saturated rings. The molecule has 0 aromatic heterocycles. The summed E-state index contributed by atoms with van der Waals surface area (Å²) in [5, 5.41) is 11.5. The topological polar surface area (TPSA) is 86.7 Å². The molecule has 1 aliphatic heterocycles. The van der Waals surface area contributed by atoms with Gasteiger partial charge >= 0.3 is 6.03 Å². The number of nitrogens with zero attached hydrogens (tertiary/aromatic N) is 1. The molecule has 1 heterocycles. The van der Waals surface area contributed by atoms with Crippen molar-refractivity contribution in [1.82, 2.24) is 5.32 Å². The average Bonchev–Trinajstić information content (AvgIpc) is 2.52. The molecule has 0 aliphatic carbocycles. The number of benzene rings is 2. The van der Waals surface area contributed by atoms with E-state index >= 15 is 0 Å². The molecule has 2 N–H and O–H groups in total. The first-order chi connectivity index (χ1) is 11.8. The van der Waals surface area contributed by atoms with Crippen LogP contribution in [-0.4, -0.2) is 23.0 Å². The number of phenols is 1. The third-order valence-electron chi connectivity index (χ3n) is 3.77. The van der Waals surface area contributed by atoms with E-state index in [0.717, 1.165) is 16.0 Å². The lowest BCUT2D eigenvalue weighted by molar-refractivity contribution is -0.122. The van der Waals surface area contributed by atoms with E-state index < -0.39 is 17.8 Å². The zero-order chi connectivity index (χ0) is 18.1. The molecule has 2 aromatic carbocycles. The summed E-state index contributed by atoms with van der Waals surface area (Å²) in [6, 6.07) is 10.6. The van der Waals surface area contributed by atoms with Gasteiger partial charge in [0.1, 0.15) is 11.3 Å². The van der Waals surface area contributed by atoms with E-state index in [4.69, 9.17) is 0 Å². The molecule has 0 bridgehead atoms. The van der Waals surface area contributed by atoms with Crippen LogP contribution in [0.15, 0.2) is 48.0 Å². The molecule has 6 nitrogen and oxygen atoms in total. The highest BCUT2D eigenvalue weighted by molar-refractivity contribution is 6.39. The Balaban J connectivity index is 2.03. The van der Waals surface area contributed by atoms with Gasteiger partial charge in [-0.1, -0.05) is 18.2 Å². The zero-order valence-corrected chi connectivity index (χ0v) is 13.7. The van der Waals surface area contributed by atoms with Gasteiger partial charge in [0.25, 0.3) is 11.8 Å². The second-order valence-electron chi connectivity index (χ2n) is 5.90. The Bertz CT molecular complexity index is 893. The lowest BCUT2D eigenvalue weighted by Gasteiger charge is -2.27. The lowest BCUT2D eigenvalue weighted by Crippen LogP contribution is -2.54. The molecule has 1 aliphatic rings. The Morgan fingerprint density at radius 3 is 2.16 bits per heavy atom. The van der Waals surface area contributed by atoms with E-state index in [0.29, 0.717) is 11.3 Å². The quantitative estimate of drug-likeness (QED) is 0.652. The van der Waals surface area contributed by atoms with Crippen LogP contribution in [-0.2, 0) is 9.59 Å². The van der Waals surface area contributed by atoms with Crippen LogP contribution in [0.3, 0.4) is 0 Å². The zero-order valence-electron chi connectivity index (χ0n) is 13.7. The number of anilines is 1. The van der Waals surface area contributed by atoms with Crippen LogP contribution in [0.1, 0.15) is 16.7 Å². The van der Waals surface area contributed by atoms with Crippen molar-refractivity contribution < 1.29 is 19.5 Å². The van der Waals surface area contributed by atoms with Gasteiger partial charge in [0.15, 0.2) is 0 Å². The van der Waals surface area contributed by atoms with Crippen LogP contribution in [0.5, 0.6) is 5.75 Å². The molecular weight excluding hydrogens is 320 g/mol. The fourth-order valence-electron chi connectivity index (χ4n) is 2.71. The second-order valence-corrected chi connectivity index (χ2v) is 5.90. The van der Waals surface area contributed by atoms with Gasteiger partial charge in [-0.05, 0) is 60.9 Å². The smallest absolute Gasteiger partial charge is 0.335 e. The van der Waals surface area contributed by atoms with Crippen LogP contribution in [0.25, 0.3) is 6.08 Å². The molecule has 6 heteroatoms. The Morgan fingerprint density at radius 2 is 1.56 bits per heavy atom. The van der Waals surface area contributed by atoms with Gasteiger partial charge in [0.2, 0.25) is 0 Å². The monoisotopic (exact) mass is 336 g/mol. The number of nitrogens with one attached hydrogen (secondary N) is 1. The first-order valence-electron chi connectivity index (χ1n) is 7.64. The number of carbonyl (C=O) groups is 3. The molecule has 2 aromatic rings. The molecule has 4 amide bonds. The number of hydrogen-bond acceptors (Lipinski definition) is 4. The highest BCUT2D eigenvalue weighted by atomic mass is 16.3. The van der Waals surface area contributed by atoms with Crippen molar-refractivity contribution in [3.63, 3.8) is 0 Å². The molecular formula is C19H16N2O4. The van der Waals surface area contributed by atoms with Crippen molar-refractivity contribution in [3.8, 4) is 5.75 Å². The predicted molar refractivity (Wildman–Crippen MR) is 93.0 cm³/mol. The van der Waals surface area contributed by atoms with Crippen molar-refractivity contribution >= 4 is 29.6 Å². The number of hydrogen-bond donors (Lipinski definition) is 2. The number of phenolic OH excluding ortho intramolecular Hbond substituents is 1. The third-order valence-corrected chi connectivity index (χ3v) is 3.77. The van der Waals surface area contributed by atoms with Gasteiger partial charge in [0, 0.05) is 0 Å². The molecule has 126 valence electrons. The molecule has 0 atom stereocenters. The minimum absolute atomic E-state index is 0.0774. The minimum Gasteiger partial charge on any atom is -0.508 e. The standard InChI is InChI=1S/C19H16N2O4/c1-11-7-12(2)9-14(8-11)21-18(24)16(17(23)20-19(21)25)10-13-3-5-15(22)6-4-13/h3-10,22H,1-2H3,(H,20,23,25). The summed E-state index contributed by atoms with van der Waals surface area (Å²) in [5.41, 5.74) is 2.62. The summed E-state index contributed by atoms with van der Waals surface area (Å²) in [5.74, 6) is -1.36. The fourth-order valence-corrected chi connectivity index (χ4v) is 2.71. The Labute approximate surface area is 144 Å². The lowest BCUT2D eigenvalue weighted by atomic mass is 10.1. The van der Waals surface area contributed by atoms with Crippen molar-refractivity contribution in [2.45, 2.75) is 13.8 Å². The van der Waals surface area contributed by atoms with Gasteiger partial charge < -0.3 is 5.11 Å². The maximum Gasteiger partial charge on any atom is 0.335 e. The molecule has 3 rings (SSSR count). The summed E-state index contributed by atoms with van der Waals surface area (Å²) in [7, 11) is 0. The largest absolute Gasteiger partial charge is 0.508 e. The van der Waals surface area contributed by atoms with Crippen molar-refractivity contribution in [3.05, 3.63) is 64.7 Å². The first kappa shape index (κ1) is 16.4. The summed E-state index contributed by atoms with van der Waals surface area (Å²) < 4.78 is 0. The first-order valence-corrected chi connectivity index (χ1v) is 7.64. The highest BCUT2D eigenvalue weighted by Crippen LogP contribution is 2.24. The van der Waals surface area contributed by atoms with Gasteiger partial charge in [-0.15, -0.1) is 0 Å². The number of barbiturate groups is 1. The van der Waals surface area contributed by atoms with Crippen molar-refractivity contribution in [2.75, 3.05) is 4.90 Å². The molecule has 0 unspecified atom stereocenters. The Morgan fingerprint density at radius 1 is 0.960 bits per heavy atom. The SMILES string of the molecule is Cc1cc(C)cc(N2C(=O)NC(=O)C(=Cc3ccc(O)cc3)C2=O)c1. The molecule has 1 saturated heterocycles. The van der Waals surface area contributed by atoms with E-state index in [-0.39, 0.29) is 11.3 Å². The molecule has 0 spiro atoms. The van der Waals surface area contributed by atoms with Crippen LogP contribution in [0, 0.1) is 13.8 Å². The normalized spacial score (nSPS) is 16.3. The highest BCUT2D eigenvalue weighted by Gasteiger charge is 2.36. The van der Waals surface area contributed by atoms with Gasteiger partial charge in [0.05, 0.1) is 5.69 Å². The number of imide groups is 2. The summed E-state index contributed by atoms with van der Waals surface area (Å²) >= 11 is 0. The van der Waals surface area contributed by atoms with Gasteiger partial charge in [-0.2, -0.15) is 0 Å². The average molecular weight is 336 g/mol. The number of aryl methyl sites for hydroxylation is 2. The Kier molecular flexibility index (Phi) is 4.10. The summed E-state index contributed by atoms with van der Waals surface area (Å²) in [6.07, 6.45) is 1.39.